The number of hydrogen-bond donors (Lipinski definition) is 2. The molecule has 0 saturated carbocycles. The van der Waals surface area contributed by atoms with Gasteiger partial charge in [0.25, 0.3) is 0 Å². The first kappa shape index (κ1) is 16.5. The third-order valence-electron chi connectivity index (χ3n) is 4.07. The minimum atomic E-state index is -0.318. The summed E-state index contributed by atoms with van der Waals surface area (Å²) in [5.74, 6) is 0.160. The van der Waals surface area contributed by atoms with E-state index in [2.05, 4.69) is 10.6 Å². The minimum Gasteiger partial charge on any atom is -0.493 e. The molecule has 2 aromatic rings. The average molecular weight is 328 g/mol. The van der Waals surface area contributed by atoms with E-state index in [1.165, 1.54) is 0 Å². The van der Waals surface area contributed by atoms with E-state index in [9.17, 15) is 9.18 Å². The third-order valence-corrected chi connectivity index (χ3v) is 4.07. The number of ether oxygens (including phenoxy) is 1. The van der Waals surface area contributed by atoms with Crippen LogP contribution in [0.15, 0.2) is 36.4 Å². The van der Waals surface area contributed by atoms with Crippen molar-refractivity contribution in [3.05, 3.63) is 58.9 Å². The van der Waals surface area contributed by atoms with E-state index in [0.29, 0.717) is 18.5 Å². The summed E-state index contributed by atoms with van der Waals surface area (Å²) in [5, 5.41) is 5.85. The van der Waals surface area contributed by atoms with Gasteiger partial charge in [-0.1, -0.05) is 18.2 Å². The summed E-state index contributed by atoms with van der Waals surface area (Å²) in [5.41, 5.74) is 3.00. The van der Waals surface area contributed by atoms with E-state index < -0.39 is 0 Å². The molecular formula is C19H21FN2O2. The smallest absolute Gasteiger partial charge is 0.227 e. The standard InChI is InChI=1S/C19H21FN2O2/c1-13-3-2-4-15(11-13)24-10-8-18(23)22-17-6-5-14-12-21-9-7-16(14)19(17)20/h2-6,11,21H,7-10,12H2,1H3,(H,22,23). The molecule has 4 nitrogen and oxygen atoms in total. The highest BCUT2D eigenvalue weighted by atomic mass is 19.1. The molecule has 0 radical (unpaired) electrons. The zero-order valence-electron chi connectivity index (χ0n) is 13.7. The Balaban J connectivity index is 1.55. The van der Waals surface area contributed by atoms with Crippen molar-refractivity contribution in [1.82, 2.24) is 5.32 Å². The van der Waals surface area contributed by atoms with Crippen molar-refractivity contribution in [2.24, 2.45) is 0 Å². The lowest BCUT2D eigenvalue weighted by Gasteiger charge is -2.19. The van der Waals surface area contributed by atoms with Crippen molar-refractivity contribution >= 4 is 11.6 Å². The lowest BCUT2D eigenvalue weighted by atomic mass is 9.99. The first-order valence-electron chi connectivity index (χ1n) is 8.14. The highest BCUT2D eigenvalue weighted by Crippen LogP contribution is 2.24. The SMILES string of the molecule is Cc1cccc(OCCC(=O)Nc2ccc3c(c2F)CCNC3)c1. The Hall–Kier alpha value is -2.40. The van der Waals surface area contributed by atoms with Crippen LogP contribution in [0, 0.1) is 12.7 Å². The summed E-state index contributed by atoms with van der Waals surface area (Å²) in [6.07, 6.45) is 0.813. The zero-order chi connectivity index (χ0) is 16.9. The van der Waals surface area contributed by atoms with Crippen LogP contribution in [0.3, 0.4) is 0 Å². The Morgan fingerprint density at radius 3 is 3.04 bits per heavy atom. The summed E-state index contributed by atoms with van der Waals surface area (Å²) >= 11 is 0. The lowest BCUT2D eigenvalue weighted by molar-refractivity contribution is -0.116. The maximum atomic E-state index is 14.5. The van der Waals surface area contributed by atoms with E-state index >= 15 is 0 Å². The molecule has 1 heterocycles. The van der Waals surface area contributed by atoms with Crippen molar-refractivity contribution in [2.75, 3.05) is 18.5 Å². The van der Waals surface area contributed by atoms with Gasteiger partial charge in [0.15, 0.2) is 0 Å². The van der Waals surface area contributed by atoms with Crippen molar-refractivity contribution in [3.8, 4) is 5.75 Å². The van der Waals surface area contributed by atoms with Crippen LogP contribution in [0.1, 0.15) is 23.1 Å². The second kappa shape index (κ2) is 7.45. The summed E-state index contributed by atoms with van der Waals surface area (Å²) in [6.45, 7) is 3.66. The second-order valence-electron chi connectivity index (χ2n) is 5.95. The van der Waals surface area contributed by atoms with Crippen LogP contribution in [0.5, 0.6) is 5.75 Å². The molecule has 2 N–H and O–H groups in total. The van der Waals surface area contributed by atoms with Gasteiger partial charge in [-0.15, -0.1) is 0 Å². The van der Waals surface area contributed by atoms with Gasteiger partial charge in [-0.3, -0.25) is 4.79 Å². The van der Waals surface area contributed by atoms with E-state index in [1.54, 1.807) is 6.07 Å². The number of benzene rings is 2. The molecule has 0 unspecified atom stereocenters. The maximum Gasteiger partial charge on any atom is 0.227 e. The first-order valence-corrected chi connectivity index (χ1v) is 8.14. The van der Waals surface area contributed by atoms with Crippen LogP contribution in [-0.2, 0) is 17.8 Å². The van der Waals surface area contributed by atoms with E-state index in [0.717, 1.165) is 23.4 Å². The maximum absolute atomic E-state index is 14.5. The molecule has 2 aromatic carbocycles. The van der Waals surface area contributed by atoms with Gasteiger partial charge in [-0.2, -0.15) is 0 Å². The number of nitrogens with one attached hydrogen (secondary N) is 2. The van der Waals surface area contributed by atoms with Crippen molar-refractivity contribution in [3.63, 3.8) is 0 Å². The van der Waals surface area contributed by atoms with Crippen LogP contribution in [0.2, 0.25) is 0 Å². The molecule has 0 atom stereocenters. The number of carbonyl (C=O) groups is 1. The van der Waals surface area contributed by atoms with Gasteiger partial charge in [0.2, 0.25) is 5.91 Å². The summed E-state index contributed by atoms with van der Waals surface area (Å²) in [7, 11) is 0. The van der Waals surface area contributed by atoms with Gasteiger partial charge in [0, 0.05) is 6.54 Å². The number of rotatable bonds is 5. The highest BCUT2D eigenvalue weighted by Gasteiger charge is 2.17. The largest absolute Gasteiger partial charge is 0.493 e. The molecular weight excluding hydrogens is 307 g/mol. The lowest BCUT2D eigenvalue weighted by Crippen LogP contribution is -2.25. The fourth-order valence-electron chi connectivity index (χ4n) is 2.81. The molecule has 0 spiro atoms. The van der Waals surface area contributed by atoms with Crippen LogP contribution < -0.4 is 15.4 Å². The Labute approximate surface area is 141 Å². The van der Waals surface area contributed by atoms with Crippen LogP contribution in [-0.4, -0.2) is 19.1 Å². The molecule has 126 valence electrons. The Morgan fingerprint density at radius 1 is 1.33 bits per heavy atom. The minimum absolute atomic E-state index is 0.173. The third kappa shape index (κ3) is 3.92. The molecule has 0 aromatic heterocycles. The molecule has 24 heavy (non-hydrogen) atoms. The highest BCUT2D eigenvalue weighted by molar-refractivity contribution is 5.91. The molecule has 0 fully saturated rings. The normalized spacial score (nSPS) is 13.2. The number of amides is 1. The number of halogens is 1. The number of hydrogen-bond acceptors (Lipinski definition) is 3. The van der Waals surface area contributed by atoms with Gasteiger partial charge in [-0.25, -0.2) is 4.39 Å². The Kier molecular flexibility index (Phi) is 5.11. The molecule has 0 saturated heterocycles. The summed E-state index contributed by atoms with van der Waals surface area (Å²) in [4.78, 5) is 12.0. The van der Waals surface area contributed by atoms with Gasteiger partial charge < -0.3 is 15.4 Å². The predicted molar refractivity (Wildman–Crippen MR) is 91.7 cm³/mol. The topological polar surface area (TPSA) is 50.4 Å². The van der Waals surface area contributed by atoms with Gasteiger partial charge in [-0.05, 0) is 54.8 Å². The van der Waals surface area contributed by atoms with Crippen molar-refractivity contribution in [2.45, 2.75) is 26.3 Å². The number of carbonyl (C=O) groups excluding carboxylic acids is 1. The fraction of sp³-hybridized carbons (Fsp3) is 0.316. The van der Waals surface area contributed by atoms with Crippen LogP contribution >= 0.6 is 0 Å². The molecule has 5 heteroatoms. The van der Waals surface area contributed by atoms with Crippen LogP contribution in [0.4, 0.5) is 10.1 Å². The predicted octanol–water partition coefficient (Wildman–Crippen LogP) is 3.19. The van der Waals surface area contributed by atoms with E-state index in [4.69, 9.17) is 4.74 Å². The van der Waals surface area contributed by atoms with Gasteiger partial charge in [0.05, 0.1) is 18.7 Å². The second-order valence-corrected chi connectivity index (χ2v) is 5.95. The van der Waals surface area contributed by atoms with Gasteiger partial charge in [0.1, 0.15) is 11.6 Å². The Morgan fingerprint density at radius 2 is 2.21 bits per heavy atom. The Bertz CT molecular complexity index is 746. The fourth-order valence-corrected chi connectivity index (χ4v) is 2.81. The monoisotopic (exact) mass is 328 g/mol. The number of fused-ring (bicyclic) bond motifs is 1. The summed E-state index contributed by atoms with van der Waals surface area (Å²) in [6, 6.07) is 11.1. The molecule has 0 bridgehead atoms. The van der Waals surface area contributed by atoms with E-state index in [-0.39, 0.29) is 30.4 Å². The van der Waals surface area contributed by atoms with Crippen molar-refractivity contribution < 1.29 is 13.9 Å². The number of aryl methyl sites for hydroxylation is 1. The quantitative estimate of drug-likeness (QED) is 0.886. The molecule has 1 aliphatic heterocycles. The molecule has 3 rings (SSSR count). The van der Waals surface area contributed by atoms with Gasteiger partial charge >= 0.3 is 0 Å². The zero-order valence-corrected chi connectivity index (χ0v) is 13.7. The van der Waals surface area contributed by atoms with Crippen molar-refractivity contribution in [1.29, 1.82) is 0 Å². The van der Waals surface area contributed by atoms with Crippen LogP contribution in [0.25, 0.3) is 0 Å². The molecule has 1 aliphatic rings. The molecule has 0 aliphatic carbocycles. The number of anilines is 1. The average Bonchev–Trinajstić information content (AvgIpc) is 2.58. The summed E-state index contributed by atoms with van der Waals surface area (Å²) < 4.78 is 20.0. The van der Waals surface area contributed by atoms with E-state index in [1.807, 2.05) is 37.3 Å². The molecule has 1 amide bonds. The first-order chi connectivity index (χ1) is 11.6.